The van der Waals surface area contributed by atoms with Crippen molar-refractivity contribution in [2.45, 2.75) is 72.5 Å². The molecule has 1 fully saturated rings. The van der Waals surface area contributed by atoms with Gasteiger partial charge in [0.25, 0.3) is 5.91 Å². The number of nitrogens with one attached hydrogen (secondary N) is 2. The van der Waals surface area contributed by atoms with Crippen LogP contribution in [-0.4, -0.2) is 52.5 Å². The summed E-state index contributed by atoms with van der Waals surface area (Å²) in [5.41, 5.74) is 2.38. The maximum atomic E-state index is 13.5. The predicted octanol–water partition coefficient (Wildman–Crippen LogP) is 6.27. The molecule has 1 aromatic heterocycles. The number of Topliss-reactive ketones (excluding diaryl/α,β-unsaturated/α-hetero) is 1. The second kappa shape index (κ2) is 13.8. The molecule has 0 spiro atoms. The van der Waals surface area contributed by atoms with Gasteiger partial charge in [-0.3, -0.25) is 14.9 Å². The lowest BCUT2D eigenvalue weighted by molar-refractivity contribution is -0.139. The average molecular weight is 591 g/mol. The molecule has 4 rings (SSSR count). The summed E-state index contributed by atoms with van der Waals surface area (Å²) in [4.78, 5) is 57.3. The van der Waals surface area contributed by atoms with E-state index < -0.39 is 29.3 Å². The van der Waals surface area contributed by atoms with Crippen LogP contribution in [0.2, 0.25) is 0 Å². The molecule has 43 heavy (non-hydrogen) atoms. The Morgan fingerprint density at radius 2 is 1.81 bits per heavy atom. The predicted molar refractivity (Wildman–Crippen MR) is 163 cm³/mol. The van der Waals surface area contributed by atoms with Gasteiger partial charge >= 0.3 is 12.2 Å². The summed E-state index contributed by atoms with van der Waals surface area (Å²) in [6.07, 6.45) is 5.51. The van der Waals surface area contributed by atoms with Gasteiger partial charge in [-0.1, -0.05) is 55.3 Å². The lowest BCUT2D eigenvalue weighted by atomic mass is 9.68. The highest BCUT2D eigenvalue weighted by Gasteiger charge is 2.39. The molecule has 10 nitrogen and oxygen atoms in total. The van der Waals surface area contributed by atoms with E-state index in [0.29, 0.717) is 48.9 Å². The third-order valence-corrected chi connectivity index (χ3v) is 7.81. The molecule has 10 heteroatoms. The van der Waals surface area contributed by atoms with Crippen LogP contribution in [0, 0.1) is 24.7 Å². The second-order valence-electron chi connectivity index (χ2n) is 12.5. The molecule has 3 atom stereocenters. The number of benzene rings is 1. The Morgan fingerprint density at radius 3 is 2.47 bits per heavy atom. The van der Waals surface area contributed by atoms with E-state index in [9.17, 15) is 19.2 Å². The molecular weight excluding hydrogens is 548 g/mol. The normalized spacial score (nSPS) is 20.4. The Hall–Kier alpha value is -4.21. The van der Waals surface area contributed by atoms with E-state index in [4.69, 9.17) is 9.47 Å². The van der Waals surface area contributed by atoms with Crippen molar-refractivity contribution in [3.63, 3.8) is 0 Å². The fourth-order valence-electron chi connectivity index (χ4n) is 5.65. The zero-order valence-corrected chi connectivity index (χ0v) is 25.6. The van der Waals surface area contributed by atoms with Crippen LogP contribution in [0.25, 0.3) is 0 Å². The first-order valence-corrected chi connectivity index (χ1v) is 14.9. The van der Waals surface area contributed by atoms with Crippen molar-refractivity contribution in [1.82, 2.24) is 9.88 Å². The van der Waals surface area contributed by atoms with Crippen molar-refractivity contribution in [3.05, 3.63) is 65.4 Å². The van der Waals surface area contributed by atoms with Crippen LogP contribution in [0.5, 0.6) is 0 Å². The van der Waals surface area contributed by atoms with Crippen LogP contribution in [0.3, 0.4) is 0 Å². The Balaban J connectivity index is 1.36. The van der Waals surface area contributed by atoms with Crippen molar-refractivity contribution < 1.29 is 28.7 Å². The molecule has 230 valence electrons. The van der Waals surface area contributed by atoms with E-state index in [1.807, 2.05) is 36.4 Å². The fourth-order valence-corrected chi connectivity index (χ4v) is 5.65. The van der Waals surface area contributed by atoms with Gasteiger partial charge in [0.15, 0.2) is 0 Å². The van der Waals surface area contributed by atoms with E-state index in [1.54, 1.807) is 38.7 Å². The molecule has 1 aliphatic heterocycles. The first-order chi connectivity index (χ1) is 20.4. The van der Waals surface area contributed by atoms with Gasteiger partial charge in [-0.15, -0.1) is 0 Å². The molecule has 1 saturated carbocycles. The van der Waals surface area contributed by atoms with Gasteiger partial charge in [-0.2, -0.15) is 0 Å². The number of aryl methyl sites for hydroxylation is 1. The van der Waals surface area contributed by atoms with Crippen molar-refractivity contribution in [2.24, 2.45) is 17.8 Å². The summed E-state index contributed by atoms with van der Waals surface area (Å²) in [5.74, 6) is -0.974. The number of carbonyl (C=O) groups is 4. The SMILES string of the molecule is Cc1cc(NC(=O)C(=O)C2C[C@@H](C)CC[C@@H]2C2=CCN(C(=O)OCc3ccccc3)CC2)cnc1NC(=O)OC(C)(C)C. The molecule has 2 N–H and O–H groups in total. The molecule has 0 saturated heterocycles. The zero-order valence-electron chi connectivity index (χ0n) is 25.6. The number of amides is 3. The van der Waals surface area contributed by atoms with Crippen molar-refractivity contribution in [1.29, 1.82) is 0 Å². The van der Waals surface area contributed by atoms with Crippen molar-refractivity contribution in [3.8, 4) is 0 Å². The van der Waals surface area contributed by atoms with E-state index in [1.165, 1.54) is 6.20 Å². The number of hydrogen-bond donors (Lipinski definition) is 2. The summed E-state index contributed by atoms with van der Waals surface area (Å²) in [6, 6.07) is 11.2. The minimum absolute atomic E-state index is 0.0443. The molecule has 2 aliphatic rings. The third kappa shape index (κ3) is 8.89. The minimum atomic E-state index is -0.680. The quantitative estimate of drug-likeness (QED) is 0.288. The number of anilines is 2. The van der Waals surface area contributed by atoms with Gasteiger partial charge < -0.3 is 19.7 Å². The third-order valence-electron chi connectivity index (χ3n) is 7.81. The highest BCUT2D eigenvalue weighted by Crippen LogP contribution is 2.40. The molecule has 3 amide bonds. The van der Waals surface area contributed by atoms with Crippen LogP contribution < -0.4 is 10.6 Å². The summed E-state index contributed by atoms with van der Waals surface area (Å²) >= 11 is 0. The number of aromatic nitrogens is 1. The highest BCUT2D eigenvalue weighted by atomic mass is 16.6. The molecule has 0 radical (unpaired) electrons. The largest absolute Gasteiger partial charge is 0.445 e. The number of ketones is 1. The maximum absolute atomic E-state index is 13.5. The topological polar surface area (TPSA) is 127 Å². The minimum Gasteiger partial charge on any atom is -0.445 e. The Kier molecular flexibility index (Phi) is 10.2. The number of nitrogens with zero attached hydrogens (tertiary/aromatic N) is 2. The Morgan fingerprint density at radius 1 is 1.07 bits per heavy atom. The number of pyridine rings is 1. The van der Waals surface area contributed by atoms with Crippen LogP contribution in [0.4, 0.5) is 21.1 Å². The van der Waals surface area contributed by atoms with Crippen LogP contribution in [0.1, 0.15) is 64.5 Å². The number of hydrogen-bond acceptors (Lipinski definition) is 7. The highest BCUT2D eigenvalue weighted by molar-refractivity contribution is 6.41. The Bertz CT molecular complexity index is 1370. The van der Waals surface area contributed by atoms with Gasteiger partial charge in [0.05, 0.1) is 11.9 Å². The average Bonchev–Trinajstić information content (AvgIpc) is 2.96. The number of rotatable bonds is 7. The van der Waals surface area contributed by atoms with Crippen LogP contribution in [-0.2, 0) is 25.7 Å². The molecular formula is C33H42N4O6. The second-order valence-corrected chi connectivity index (χ2v) is 12.5. The first kappa shape index (κ1) is 31.7. The fraction of sp³-hybridized carbons (Fsp3) is 0.485. The van der Waals surface area contributed by atoms with Gasteiger partial charge in [0.2, 0.25) is 5.78 Å². The van der Waals surface area contributed by atoms with Crippen molar-refractivity contribution >= 4 is 35.4 Å². The van der Waals surface area contributed by atoms with Crippen molar-refractivity contribution in [2.75, 3.05) is 23.7 Å². The molecule has 1 aliphatic carbocycles. The summed E-state index contributed by atoms with van der Waals surface area (Å²) < 4.78 is 10.8. The lowest BCUT2D eigenvalue weighted by Crippen LogP contribution is -2.41. The smallest absolute Gasteiger partial charge is 0.413 e. The van der Waals surface area contributed by atoms with E-state index in [0.717, 1.165) is 24.0 Å². The molecule has 1 unspecified atom stereocenters. The van der Waals surface area contributed by atoms with E-state index in [-0.39, 0.29) is 18.6 Å². The monoisotopic (exact) mass is 590 g/mol. The van der Waals surface area contributed by atoms with Gasteiger partial charge in [0.1, 0.15) is 18.0 Å². The van der Waals surface area contributed by atoms with E-state index in [2.05, 4.69) is 22.5 Å². The Labute approximate surface area is 253 Å². The zero-order chi connectivity index (χ0) is 31.1. The molecule has 2 heterocycles. The summed E-state index contributed by atoms with van der Waals surface area (Å²) in [6.45, 7) is 10.3. The van der Waals surface area contributed by atoms with Gasteiger partial charge in [-0.25, -0.2) is 14.6 Å². The standard InChI is InChI=1S/C33H42N4O6/c1-21-11-12-26(24-13-15-37(16-14-24)32(41)42-20-23-9-7-6-8-10-23)27(17-21)28(38)30(39)35-25-18-22(2)29(34-19-25)36-31(40)43-33(3,4)5/h6-10,13,18-19,21,26-27H,11-12,14-17,20H2,1-5H3,(H,35,39)(H,34,36,40)/t21-,26+,27?/m0/s1. The van der Waals surface area contributed by atoms with E-state index >= 15 is 0 Å². The lowest BCUT2D eigenvalue weighted by Gasteiger charge is -2.37. The maximum Gasteiger partial charge on any atom is 0.413 e. The number of carbonyl (C=O) groups excluding carboxylic acids is 4. The van der Waals surface area contributed by atoms with Crippen LogP contribution >= 0.6 is 0 Å². The summed E-state index contributed by atoms with van der Waals surface area (Å²) in [5, 5.41) is 5.31. The summed E-state index contributed by atoms with van der Waals surface area (Å²) in [7, 11) is 0. The molecule has 1 aromatic carbocycles. The molecule has 2 aromatic rings. The molecule has 0 bridgehead atoms. The van der Waals surface area contributed by atoms with Gasteiger partial charge in [-0.05, 0) is 76.0 Å². The van der Waals surface area contributed by atoms with Gasteiger partial charge in [0, 0.05) is 19.0 Å². The number of ether oxygens (including phenoxy) is 2. The van der Waals surface area contributed by atoms with Crippen LogP contribution in [0.15, 0.2) is 54.2 Å². The first-order valence-electron chi connectivity index (χ1n) is 14.9.